The number of pyridine rings is 1. The Morgan fingerprint density at radius 1 is 1.06 bits per heavy atom. The number of aromatic nitrogens is 1. The molecule has 0 fully saturated rings. The molecule has 0 saturated heterocycles. The molecule has 0 saturated carbocycles. The molecule has 0 aliphatic carbocycles. The van der Waals surface area contributed by atoms with Crippen LogP contribution in [0.15, 0.2) is 34.7 Å². The van der Waals surface area contributed by atoms with Crippen molar-refractivity contribution in [1.82, 2.24) is 4.98 Å². The maximum Gasteiger partial charge on any atom is 0.227 e. The number of fused-ring (bicyclic) bond motifs is 3. The van der Waals surface area contributed by atoms with Crippen LogP contribution in [0.3, 0.4) is 0 Å². The van der Waals surface area contributed by atoms with Gasteiger partial charge in [0.05, 0.1) is 0 Å². The first-order chi connectivity index (χ1) is 8.15. The van der Waals surface area contributed by atoms with Gasteiger partial charge in [-0.3, -0.25) is 0 Å². The number of hydrogen-bond acceptors (Lipinski definition) is 2. The largest absolute Gasteiger partial charge is 0.438 e. The van der Waals surface area contributed by atoms with Crippen molar-refractivity contribution in [2.75, 3.05) is 0 Å². The summed E-state index contributed by atoms with van der Waals surface area (Å²) in [4.78, 5) is 4.57. The Balaban J connectivity index is 2.35. The van der Waals surface area contributed by atoms with Crippen LogP contribution in [0, 0.1) is 6.92 Å². The van der Waals surface area contributed by atoms with E-state index in [2.05, 4.69) is 56.1 Å². The van der Waals surface area contributed by atoms with Gasteiger partial charge in [-0.25, -0.2) is 4.98 Å². The third kappa shape index (κ3) is 1.60. The van der Waals surface area contributed by atoms with Gasteiger partial charge in [0.15, 0.2) is 0 Å². The van der Waals surface area contributed by atoms with Gasteiger partial charge in [-0.05, 0) is 36.6 Å². The fraction of sp³-hybridized carbons (Fsp3) is 0.267. The predicted molar refractivity (Wildman–Crippen MR) is 70.3 cm³/mol. The standard InChI is InChI=1S/C15H15NO/c1-9(2)13-7-6-12-11-5-4-10(3)8-14(11)17-15(12)16-13/h4-9H,1-3H3. The fourth-order valence-electron chi connectivity index (χ4n) is 2.10. The van der Waals surface area contributed by atoms with Crippen molar-refractivity contribution in [2.45, 2.75) is 26.7 Å². The second-order valence-electron chi connectivity index (χ2n) is 4.85. The van der Waals surface area contributed by atoms with Crippen molar-refractivity contribution in [2.24, 2.45) is 0 Å². The van der Waals surface area contributed by atoms with Crippen molar-refractivity contribution in [3.63, 3.8) is 0 Å². The van der Waals surface area contributed by atoms with Gasteiger partial charge in [0, 0.05) is 16.5 Å². The first kappa shape index (κ1) is 10.3. The molecular formula is C15H15NO. The van der Waals surface area contributed by atoms with E-state index in [4.69, 9.17) is 4.42 Å². The van der Waals surface area contributed by atoms with E-state index in [0.717, 1.165) is 27.8 Å². The predicted octanol–water partition coefficient (Wildman–Crippen LogP) is 4.41. The minimum Gasteiger partial charge on any atom is -0.438 e. The van der Waals surface area contributed by atoms with Gasteiger partial charge < -0.3 is 4.42 Å². The zero-order valence-corrected chi connectivity index (χ0v) is 10.3. The van der Waals surface area contributed by atoms with Gasteiger partial charge in [0.25, 0.3) is 0 Å². The molecule has 0 spiro atoms. The molecule has 0 aliphatic heterocycles. The van der Waals surface area contributed by atoms with Crippen LogP contribution in [0.25, 0.3) is 22.1 Å². The Morgan fingerprint density at radius 2 is 1.82 bits per heavy atom. The molecule has 17 heavy (non-hydrogen) atoms. The summed E-state index contributed by atoms with van der Waals surface area (Å²) in [5, 5.41) is 2.25. The van der Waals surface area contributed by atoms with Gasteiger partial charge >= 0.3 is 0 Å². The van der Waals surface area contributed by atoms with Crippen LogP contribution in [-0.2, 0) is 0 Å². The van der Waals surface area contributed by atoms with Crippen molar-refractivity contribution in [3.05, 3.63) is 41.6 Å². The molecule has 0 amide bonds. The monoisotopic (exact) mass is 225 g/mol. The topological polar surface area (TPSA) is 26.0 Å². The molecule has 0 radical (unpaired) electrons. The van der Waals surface area contributed by atoms with E-state index in [9.17, 15) is 0 Å². The summed E-state index contributed by atoms with van der Waals surface area (Å²) >= 11 is 0. The zero-order valence-electron chi connectivity index (χ0n) is 10.3. The van der Waals surface area contributed by atoms with Crippen LogP contribution in [-0.4, -0.2) is 4.98 Å². The number of hydrogen-bond donors (Lipinski definition) is 0. The average molecular weight is 225 g/mol. The third-order valence-corrected chi connectivity index (χ3v) is 3.11. The Hall–Kier alpha value is -1.83. The van der Waals surface area contributed by atoms with E-state index in [-0.39, 0.29) is 0 Å². The number of furan rings is 1. The number of benzene rings is 1. The van der Waals surface area contributed by atoms with Crippen molar-refractivity contribution in [1.29, 1.82) is 0 Å². The van der Waals surface area contributed by atoms with Gasteiger partial charge in [0.2, 0.25) is 5.71 Å². The molecule has 1 aromatic carbocycles. The molecule has 0 bridgehead atoms. The Kier molecular flexibility index (Phi) is 2.18. The van der Waals surface area contributed by atoms with E-state index in [1.165, 1.54) is 5.56 Å². The van der Waals surface area contributed by atoms with Gasteiger partial charge in [-0.15, -0.1) is 0 Å². The fourth-order valence-corrected chi connectivity index (χ4v) is 2.10. The minimum atomic E-state index is 0.425. The molecule has 2 heteroatoms. The quantitative estimate of drug-likeness (QED) is 0.613. The van der Waals surface area contributed by atoms with Gasteiger partial charge in [-0.2, -0.15) is 0 Å². The Morgan fingerprint density at radius 3 is 2.59 bits per heavy atom. The van der Waals surface area contributed by atoms with Crippen molar-refractivity contribution < 1.29 is 4.42 Å². The first-order valence-electron chi connectivity index (χ1n) is 5.95. The van der Waals surface area contributed by atoms with Crippen LogP contribution in [0.2, 0.25) is 0 Å². The highest BCUT2D eigenvalue weighted by Gasteiger charge is 2.10. The highest BCUT2D eigenvalue weighted by Crippen LogP contribution is 2.29. The van der Waals surface area contributed by atoms with E-state index < -0.39 is 0 Å². The summed E-state index contributed by atoms with van der Waals surface area (Å²) in [5.41, 5.74) is 3.96. The van der Waals surface area contributed by atoms with Crippen LogP contribution < -0.4 is 0 Å². The first-order valence-corrected chi connectivity index (χ1v) is 5.95. The zero-order chi connectivity index (χ0) is 12.0. The van der Waals surface area contributed by atoms with Crippen molar-refractivity contribution >= 4 is 22.1 Å². The lowest BCUT2D eigenvalue weighted by Crippen LogP contribution is -1.90. The van der Waals surface area contributed by atoms with Crippen molar-refractivity contribution in [3.8, 4) is 0 Å². The molecule has 2 heterocycles. The van der Waals surface area contributed by atoms with Gasteiger partial charge in [0.1, 0.15) is 5.58 Å². The van der Waals surface area contributed by atoms with E-state index in [1.54, 1.807) is 0 Å². The Labute approximate surface area is 100 Å². The summed E-state index contributed by atoms with van der Waals surface area (Å²) in [6.45, 7) is 6.35. The molecule has 0 N–H and O–H groups in total. The van der Waals surface area contributed by atoms with E-state index in [1.807, 2.05) is 0 Å². The highest BCUT2D eigenvalue weighted by atomic mass is 16.3. The van der Waals surface area contributed by atoms with Crippen LogP contribution in [0.1, 0.15) is 31.0 Å². The van der Waals surface area contributed by atoms with Crippen LogP contribution >= 0.6 is 0 Å². The average Bonchev–Trinajstić information content (AvgIpc) is 2.64. The van der Waals surface area contributed by atoms with Gasteiger partial charge in [-0.1, -0.05) is 26.0 Å². The summed E-state index contributed by atoms with van der Waals surface area (Å²) in [6, 6.07) is 10.5. The molecule has 0 atom stereocenters. The smallest absolute Gasteiger partial charge is 0.227 e. The minimum absolute atomic E-state index is 0.425. The highest BCUT2D eigenvalue weighted by molar-refractivity contribution is 6.03. The second-order valence-corrected chi connectivity index (χ2v) is 4.85. The SMILES string of the molecule is Cc1ccc2c(c1)oc1nc(C(C)C)ccc12. The lowest BCUT2D eigenvalue weighted by atomic mass is 10.1. The van der Waals surface area contributed by atoms with E-state index in [0.29, 0.717) is 5.92 Å². The number of nitrogens with zero attached hydrogens (tertiary/aromatic N) is 1. The maximum absolute atomic E-state index is 5.81. The molecule has 3 aromatic rings. The summed E-state index contributed by atoms with van der Waals surface area (Å²) in [6.07, 6.45) is 0. The lowest BCUT2D eigenvalue weighted by molar-refractivity contribution is 0.647. The van der Waals surface area contributed by atoms with Crippen LogP contribution in [0.4, 0.5) is 0 Å². The summed E-state index contributed by atoms with van der Waals surface area (Å²) in [7, 11) is 0. The molecule has 0 aliphatic rings. The molecule has 86 valence electrons. The summed E-state index contributed by atoms with van der Waals surface area (Å²) in [5.74, 6) is 0.425. The molecule has 2 nitrogen and oxygen atoms in total. The molecular weight excluding hydrogens is 210 g/mol. The summed E-state index contributed by atoms with van der Waals surface area (Å²) < 4.78 is 5.81. The number of rotatable bonds is 1. The normalized spacial score (nSPS) is 11.8. The molecule has 2 aromatic heterocycles. The second kappa shape index (κ2) is 3.59. The van der Waals surface area contributed by atoms with E-state index >= 15 is 0 Å². The Bertz CT molecular complexity index is 695. The molecule has 0 unspecified atom stereocenters. The number of aryl methyl sites for hydroxylation is 1. The lowest BCUT2D eigenvalue weighted by Gasteiger charge is -2.02. The maximum atomic E-state index is 5.81. The van der Waals surface area contributed by atoms with Crippen LogP contribution in [0.5, 0.6) is 0 Å². The molecule has 3 rings (SSSR count). The third-order valence-electron chi connectivity index (χ3n) is 3.11.